The monoisotopic (exact) mass is 554 g/mol. The van der Waals surface area contributed by atoms with Crippen LogP contribution in [0, 0.1) is 15.9 Å². The van der Waals surface area contributed by atoms with Crippen LogP contribution in [0.3, 0.4) is 0 Å². The molecule has 1 saturated heterocycles. The summed E-state index contributed by atoms with van der Waals surface area (Å²) in [6.45, 7) is -0.661. The van der Waals surface area contributed by atoms with Gasteiger partial charge < -0.3 is 10.1 Å². The first-order valence-electron chi connectivity index (χ1n) is 10.3. The van der Waals surface area contributed by atoms with Gasteiger partial charge in [0.05, 0.1) is 10.6 Å². The van der Waals surface area contributed by atoms with E-state index >= 15 is 0 Å². The van der Waals surface area contributed by atoms with Crippen LogP contribution in [-0.2, 0) is 14.4 Å². The Kier molecular flexibility index (Phi) is 7.06. The van der Waals surface area contributed by atoms with Crippen molar-refractivity contribution in [1.82, 2.24) is 5.43 Å². The summed E-state index contributed by atoms with van der Waals surface area (Å²) in [6.07, 6.45) is 1.15. The van der Waals surface area contributed by atoms with E-state index in [9.17, 15) is 28.9 Å². The third-order valence-electron chi connectivity index (χ3n) is 4.92. The number of nitro groups is 1. The van der Waals surface area contributed by atoms with Crippen LogP contribution >= 0.6 is 15.9 Å². The van der Waals surface area contributed by atoms with Gasteiger partial charge in [0.15, 0.2) is 6.61 Å². The molecule has 1 heterocycles. The summed E-state index contributed by atoms with van der Waals surface area (Å²) in [5, 5.41) is 15.2. The Hall–Kier alpha value is -4.58. The van der Waals surface area contributed by atoms with Crippen molar-refractivity contribution in [3.8, 4) is 5.75 Å². The minimum Gasteiger partial charge on any atom is -0.476 e. The second kappa shape index (κ2) is 10.4. The largest absolute Gasteiger partial charge is 0.476 e. The van der Waals surface area contributed by atoms with Gasteiger partial charge in [-0.15, -0.1) is 0 Å². The summed E-state index contributed by atoms with van der Waals surface area (Å²) in [5.74, 6) is -3.00. The second-order valence-electron chi connectivity index (χ2n) is 7.42. The standard InChI is InChI=1S/C24H16BrFN4O6/c25-15-9-14(10-19-23(32)28-29(24(19)33)18-7-2-1-3-8-18)22(20(11-15)30(34)35)36-13-21(31)27-17-6-4-5-16(26)12-17/h1-12H,13H2,(H,27,31)(H,28,32)/b19-10-. The lowest BCUT2D eigenvalue weighted by atomic mass is 10.1. The number of rotatable bonds is 7. The number of nitrogens with one attached hydrogen (secondary N) is 2. The van der Waals surface area contributed by atoms with Crippen LogP contribution in [0.25, 0.3) is 6.08 Å². The number of carbonyl (C=O) groups is 3. The quantitative estimate of drug-likeness (QED) is 0.196. The molecule has 0 saturated carbocycles. The van der Waals surface area contributed by atoms with Crippen molar-refractivity contribution in [2.24, 2.45) is 0 Å². The molecule has 0 aliphatic carbocycles. The Labute approximate surface area is 211 Å². The van der Waals surface area contributed by atoms with Crippen molar-refractivity contribution in [3.63, 3.8) is 0 Å². The first-order chi connectivity index (χ1) is 17.2. The van der Waals surface area contributed by atoms with Crippen molar-refractivity contribution in [1.29, 1.82) is 0 Å². The van der Waals surface area contributed by atoms with Gasteiger partial charge in [0.2, 0.25) is 5.75 Å². The van der Waals surface area contributed by atoms with Crippen molar-refractivity contribution >= 4 is 56.8 Å². The van der Waals surface area contributed by atoms with Crippen molar-refractivity contribution in [2.45, 2.75) is 0 Å². The number of hydrogen-bond acceptors (Lipinski definition) is 6. The minimum absolute atomic E-state index is 0.0167. The van der Waals surface area contributed by atoms with Crippen molar-refractivity contribution < 1.29 is 28.4 Å². The highest BCUT2D eigenvalue weighted by Crippen LogP contribution is 2.36. The molecule has 10 nitrogen and oxygen atoms in total. The highest BCUT2D eigenvalue weighted by molar-refractivity contribution is 9.10. The molecule has 0 bridgehead atoms. The molecule has 3 aromatic rings. The summed E-state index contributed by atoms with van der Waals surface area (Å²) in [6, 6.07) is 16.1. The number of nitro benzene ring substituents is 1. The molecule has 1 fully saturated rings. The van der Waals surface area contributed by atoms with E-state index < -0.39 is 40.8 Å². The average Bonchev–Trinajstić information content (AvgIpc) is 3.12. The number of ether oxygens (including phenoxy) is 1. The Morgan fingerprint density at radius 2 is 1.89 bits per heavy atom. The van der Waals surface area contributed by atoms with Gasteiger partial charge in [0.1, 0.15) is 11.4 Å². The van der Waals surface area contributed by atoms with Crippen molar-refractivity contribution in [2.75, 3.05) is 16.9 Å². The lowest BCUT2D eigenvalue weighted by Gasteiger charge is -2.14. The fraction of sp³-hybridized carbons (Fsp3) is 0.0417. The van der Waals surface area contributed by atoms with Gasteiger partial charge in [0.25, 0.3) is 17.7 Å². The third kappa shape index (κ3) is 5.39. The normalized spacial score (nSPS) is 14.1. The Balaban J connectivity index is 1.64. The maximum Gasteiger partial charge on any atom is 0.312 e. The minimum atomic E-state index is -0.723. The van der Waals surface area contributed by atoms with E-state index in [4.69, 9.17) is 4.74 Å². The molecule has 12 heteroatoms. The predicted octanol–water partition coefficient (Wildman–Crippen LogP) is 3.98. The van der Waals surface area contributed by atoms with Crippen LogP contribution in [0.1, 0.15) is 5.56 Å². The smallest absolute Gasteiger partial charge is 0.312 e. The summed E-state index contributed by atoms with van der Waals surface area (Å²) in [4.78, 5) is 48.8. The molecule has 0 spiro atoms. The number of hydrazine groups is 1. The number of hydrogen-bond donors (Lipinski definition) is 2. The molecule has 1 aliphatic heterocycles. The van der Waals surface area contributed by atoms with E-state index in [-0.39, 0.29) is 27.0 Å². The molecule has 0 radical (unpaired) electrons. The fourth-order valence-electron chi connectivity index (χ4n) is 3.37. The molecule has 0 aromatic heterocycles. The van der Waals surface area contributed by atoms with Gasteiger partial charge in [-0.2, -0.15) is 0 Å². The third-order valence-corrected chi connectivity index (χ3v) is 5.38. The van der Waals surface area contributed by atoms with Gasteiger partial charge in [-0.1, -0.05) is 40.2 Å². The number of anilines is 2. The molecule has 36 heavy (non-hydrogen) atoms. The number of benzene rings is 3. The van der Waals surface area contributed by atoms with Crippen LogP contribution < -0.4 is 20.5 Å². The number of para-hydroxylation sites is 1. The van der Waals surface area contributed by atoms with Gasteiger partial charge in [-0.3, -0.25) is 29.9 Å². The molecule has 4 rings (SSSR count). The van der Waals surface area contributed by atoms with Gasteiger partial charge in [0, 0.05) is 21.8 Å². The zero-order valence-electron chi connectivity index (χ0n) is 18.2. The molecule has 1 aliphatic rings. The fourth-order valence-corrected chi connectivity index (χ4v) is 3.84. The number of carbonyl (C=O) groups excluding carboxylic acids is 3. The molecule has 3 amide bonds. The van der Waals surface area contributed by atoms with Crippen LogP contribution in [-0.4, -0.2) is 29.3 Å². The van der Waals surface area contributed by atoms with E-state index in [1.165, 1.54) is 24.3 Å². The number of halogens is 2. The molecular weight excluding hydrogens is 539 g/mol. The van der Waals surface area contributed by atoms with Crippen LogP contribution in [0.2, 0.25) is 0 Å². The zero-order chi connectivity index (χ0) is 25.8. The number of amides is 3. The maximum absolute atomic E-state index is 13.4. The summed E-state index contributed by atoms with van der Waals surface area (Å²) in [5.41, 5.74) is 2.26. The number of nitrogens with zero attached hydrogens (tertiary/aromatic N) is 2. The first-order valence-corrected chi connectivity index (χ1v) is 11.1. The maximum atomic E-state index is 13.4. The molecular formula is C24H16BrFN4O6. The molecule has 182 valence electrons. The average molecular weight is 555 g/mol. The van der Waals surface area contributed by atoms with E-state index in [1.54, 1.807) is 30.3 Å². The highest BCUT2D eigenvalue weighted by Gasteiger charge is 2.35. The summed E-state index contributed by atoms with van der Waals surface area (Å²) < 4.78 is 19.1. The van der Waals surface area contributed by atoms with Crippen LogP contribution in [0.4, 0.5) is 21.5 Å². The Morgan fingerprint density at radius 1 is 1.14 bits per heavy atom. The second-order valence-corrected chi connectivity index (χ2v) is 8.34. The molecule has 0 atom stereocenters. The Bertz CT molecular complexity index is 1410. The summed E-state index contributed by atoms with van der Waals surface area (Å²) in [7, 11) is 0. The van der Waals surface area contributed by atoms with E-state index in [1.807, 2.05) is 0 Å². The predicted molar refractivity (Wildman–Crippen MR) is 131 cm³/mol. The summed E-state index contributed by atoms with van der Waals surface area (Å²) >= 11 is 3.17. The van der Waals surface area contributed by atoms with Gasteiger partial charge >= 0.3 is 5.69 Å². The molecule has 0 unspecified atom stereocenters. The topological polar surface area (TPSA) is 131 Å². The lowest BCUT2D eigenvalue weighted by molar-refractivity contribution is -0.385. The SMILES string of the molecule is O=C(COc1c(/C=C2/C(=O)NN(c3ccccc3)C2=O)cc(Br)cc1[N+](=O)[O-])Nc1cccc(F)c1. The van der Waals surface area contributed by atoms with E-state index in [0.29, 0.717) is 5.69 Å². The lowest BCUT2D eigenvalue weighted by Crippen LogP contribution is -2.35. The van der Waals surface area contributed by atoms with E-state index in [0.717, 1.165) is 23.2 Å². The van der Waals surface area contributed by atoms with Gasteiger partial charge in [-0.05, 0) is 42.5 Å². The van der Waals surface area contributed by atoms with E-state index in [2.05, 4.69) is 26.7 Å². The van der Waals surface area contributed by atoms with Gasteiger partial charge in [-0.25, -0.2) is 9.40 Å². The van der Waals surface area contributed by atoms with Crippen molar-refractivity contribution in [3.05, 3.63) is 98.3 Å². The zero-order valence-corrected chi connectivity index (χ0v) is 19.8. The van der Waals surface area contributed by atoms with Crippen LogP contribution in [0.15, 0.2) is 76.8 Å². The Morgan fingerprint density at radius 3 is 2.58 bits per heavy atom. The first kappa shape index (κ1) is 24.5. The molecule has 3 aromatic carbocycles. The van der Waals surface area contributed by atoms with Crippen LogP contribution in [0.5, 0.6) is 5.75 Å². The molecule has 2 N–H and O–H groups in total. The highest BCUT2D eigenvalue weighted by atomic mass is 79.9.